The van der Waals surface area contributed by atoms with Crippen LogP contribution < -0.4 is 5.32 Å². The number of benzene rings is 2. The van der Waals surface area contributed by atoms with Crippen LogP contribution in [0.15, 0.2) is 61.1 Å². The number of nitrogens with zero attached hydrogens (tertiary/aromatic N) is 2. The molecule has 0 aliphatic carbocycles. The van der Waals surface area contributed by atoms with Crippen molar-refractivity contribution in [3.63, 3.8) is 0 Å². The van der Waals surface area contributed by atoms with Gasteiger partial charge in [0.2, 0.25) is 0 Å². The van der Waals surface area contributed by atoms with Gasteiger partial charge in [-0.25, -0.2) is 9.78 Å². The largest absolute Gasteiger partial charge is 0.480 e. The van der Waals surface area contributed by atoms with Crippen molar-refractivity contribution < 1.29 is 19.8 Å². The van der Waals surface area contributed by atoms with E-state index in [-0.39, 0.29) is 13.0 Å². The average molecular weight is 444 g/mol. The summed E-state index contributed by atoms with van der Waals surface area (Å²) in [7, 11) is 0. The fourth-order valence-electron chi connectivity index (χ4n) is 3.89. The molecule has 168 valence electrons. The number of aliphatic carboxylic acids is 1. The maximum absolute atomic E-state index is 12.8. The number of carboxylic acid groups (broad SMARTS) is 1. The number of pyridine rings is 1. The van der Waals surface area contributed by atoms with Crippen molar-refractivity contribution in [1.29, 1.82) is 0 Å². The van der Waals surface area contributed by atoms with Crippen LogP contribution in [0.2, 0.25) is 0 Å². The van der Waals surface area contributed by atoms with E-state index in [0.717, 1.165) is 33.3 Å². The van der Waals surface area contributed by atoms with Crippen LogP contribution in [0.5, 0.6) is 0 Å². The van der Waals surface area contributed by atoms with E-state index in [1.807, 2.05) is 37.3 Å². The summed E-state index contributed by atoms with van der Waals surface area (Å²) in [5.74, 6) is -1.58. The van der Waals surface area contributed by atoms with E-state index in [9.17, 15) is 19.8 Å². The molecule has 8 heteroatoms. The summed E-state index contributed by atoms with van der Waals surface area (Å²) in [5.41, 5.74) is 5.34. The number of hydrogen-bond donors (Lipinski definition) is 4. The van der Waals surface area contributed by atoms with E-state index in [0.29, 0.717) is 17.7 Å². The zero-order valence-electron chi connectivity index (χ0n) is 18.1. The number of aliphatic hydroxyl groups is 1. The van der Waals surface area contributed by atoms with Crippen molar-refractivity contribution >= 4 is 22.8 Å². The Morgan fingerprint density at radius 1 is 1.12 bits per heavy atom. The highest BCUT2D eigenvalue weighted by atomic mass is 16.4. The van der Waals surface area contributed by atoms with Crippen LogP contribution in [0.25, 0.3) is 10.9 Å². The van der Waals surface area contributed by atoms with Gasteiger partial charge in [0.25, 0.3) is 5.91 Å². The summed E-state index contributed by atoms with van der Waals surface area (Å²) >= 11 is 0. The molecule has 0 fully saturated rings. The lowest BCUT2D eigenvalue weighted by Gasteiger charge is -2.14. The van der Waals surface area contributed by atoms with Crippen LogP contribution in [0.4, 0.5) is 0 Å². The van der Waals surface area contributed by atoms with Gasteiger partial charge in [-0.2, -0.15) is 0 Å². The molecule has 0 spiro atoms. The number of carbonyl (C=O) groups excluding carboxylic acids is 1. The highest BCUT2D eigenvalue weighted by molar-refractivity contribution is 5.96. The number of H-pyrrole nitrogens is 1. The van der Waals surface area contributed by atoms with E-state index in [4.69, 9.17) is 0 Å². The van der Waals surface area contributed by atoms with Gasteiger partial charge in [-0.3, -0.25) is 9.78 Å². The van der Waals surface area contributed by atoms with Gasteiger partial charge in [0.1, 0.15) is 6.04 Å². The Bertz CT molecular complexity index is 1300. The number of aromatic nitrogens is 3. The van der Waals surface area contributed by atoms with Gasteiger partial charge in [0.05, 0.1) is 18.5 Å². The van der Waals surface area contributed by atoms with Crippen LogP contribution in [0, 0.1) is 6.92 Å². The molecule has 33 heavy (non-hydrogen) atoms. The minimum Gasteiger partial charge on any atom is -0.480 e. The van der Waals surface area contributed by atoms with Crippen molar-refractivity contribution in [2.45, 2.75) is 32.4 Å². The number of carboxylic acids is 1. The fraction of sp³-hybridized carbons (Fsp3) is 0.200. The van der Waals surface area contributed by atoms with Crippen molar-refractivity contribution in [3.8, 4) is 0 Å². The monoisotopic (exact) mass is 444 g/mol. The quantitative estimate of drug-likeness (QED) is 0.331. The van der Waals surface area contributed by atoms with E-state index in [1.165, 1.54) is 12.5 Å². The minimum atomic E-state index is -1.12. The Morgan fingerprint density at radius 3 is 2.67 bits per heavy atom. The number of nitrogens with one attached hydrogen (secondary N) is 2. The molecular weight excluding hydrogens is 420 g/mol. The Hall–Kier alpha value is -4.04. The predicted octanol–water partition coefficient (Wildman–Crippen LogP) is 2.78. The first-order valence-corrected chi connectivity index (χ1v) is 10.5. The minimum absolute atomic E-state index is 0.0672. The lowest BCUT2D eigenvalue weighted by molar-refractivity contribution is -0.139. The standard InChI is InChI=1S/C25H24N4O4/c1-15-8-19(13-30)21-7-3-5-17(23(21)28-15)9-16-4-2-6-18(10-16)24(31)29-22(25(32)33)11-20-12-26-14-27-20/h2-8,10,12,14,22,30H,9,11,13H2,1H3,(H,26,27)(H,29,31)(H,32,33)/t22-/m1/s1. The number of rotatable bonds is 8. The second kappa shape index (κ2) is 9.62. The normalized spacial score (nSPS) is 11.9. The molecule has 2 aromatic heterocycles. The van der Waals surface area contributed by atoms with Gasteiger partial charge in [0.15, 0.2) is 0 Å². The highest BCUT2D eigenvalue weighted by Gasteiger charge is 2.22. The number of amides is 1. The molecule has 4 rings (SSSR count). The van der Waals surface area contributed by atoms with Crippen LogP contribution in [0.1, 0.15) is 38.4 Å². The Balaban J connectivity index is 1.56. The number of para-hydroxylation sites is 1. The summed E-state index contributed by atoms with van der Waals surface area (Å²) in [4.78, 5) is 35.8. The summed E-state index contributed by atoms with van der Waals surface area (Å²) in [6.45, 7) is 1.82. The number of aromatic amines is 1. The maximum atomic E-state index is 12.8. The molecule has 2 aromatic carbocycles. The third-order valence-electron chi connectivity index (χ3n) is 5.47. The molecule has 8 nitrogen and oxygen atoms in total. The summed E-state index contributed by atoms with van der Waals surface area (Å²) in [6.07, 6.45) is 3.64. The number of fused-ring (bicyclic) bond motifs is 1. The number of aliphatic hydroxyl groups excluding tert-OH is 1. The predicted molar refractivity (Wildman–Crippen MR) is 123 cm³/mol. The first-order chi connectivity index (χ1) is 15.9. The topological polar surface area (TPSA) is 128 Å². The van der Waals surface area contributed by atoms with Gasteiger partial charge in [-0.15, -0.1) is 0 Å². The van der Waals surface area contributed by atoms with E-state index in [1.54, 1.807) is 18.2 Å². The molecule has 0 bridgehead atoms. The van der Waals surface area contributed by atoms with Gasteiger partial charge in [-0.1, -0.05) is 30.3 Å². The third-order valence-corrected chi connectivity index (χ3v) is 5.47. The first kappa shape index (κ1) is 22.2. The van der Waals surface area contributed by atoms with Gasteiger partial charge in [0, 0.05) is 35.0 Å². The van der Waals surface area contributed by atoms with Gasteiger partial charge in [-0.05, 0) is 48.2 Å². The SMILES string of the molecule is Cc1cc(CO)c2cccc(Cc3cccc(C(=O)N[C@H](Cc4cnc[nH]4)C(=O)O)c3)c2n1. The molecule has 0 radical (unpaired) electrons. The lowest BCUT2D eigenvalue weighted by atomic mass is 9.98. The van der Waals surface area contributed by atoms with E-state index in [2.05, 4.69) is 20.3 Å². The number of hydrogen-bond acceptors (Lipinski definition) is 5. The van der Waals surface area contributed by atoms with Crippen LogP contribution in [0.3, 0.4) is 0 Å². The maximum Gasteiger partial charge on any atom is 0.326 e. The van der Waals surface area contributed by atoms with E-state index < -0.39 is 17.9 Å². The number of carbonyl (C=O) groups is 2. The third kappa shape index (κ3) is 5.07. The van der Waals surface area contributed by atoms with Crippen LogP contribution in [-0.4, -0.2) is 43.1 Å². The van der Waals surface area contributed by atoms with Gasteiger partial charge < -0.3 is 20.5 Å². The van der Waals surface area contributed by atoms with Crippen molar-refractivity contribution in [2.75, 3.05) is 0 Å². The number of aryl methyl sites for hydroxylation is 1. The van der Waals surface area contributed by atoms with Crippen molar-refractivity contribution in [1.82, 2.24) is 20.3 Å². The summed E-state index contributed by atoms with van der Waals surface area (Å²) in [6, 6.07) is 13.7. The lowest BCUT2D eigenvalue weighted by Crippen LogP contribution is -2.42. The Labute approximate surface area is 190 Å². The van der Waals surface area contributed by atoms with Crippen LogP contribution >= 0.6 is 0 Å². The zero-order chi connectivity index (χ0) is 23.4. The molecule has 2 heterocycles. The van der Waals surface area contributed by atoms with E-state index >= 15 is 0 Å². The average Bonchev–Trinajstić information content (AvgIpc) is 3.32. The molecule has 0 aliphatic rings. The van der Waals surface area contributed by atoms with Gasteiger partial charge >= 0.3 is 5.97 Å². The molecule has 1 atom stereocenters. The zero-order valence-corrected chi connectivity index (χ0v) is 18.1. The first-order valence-electron chi connectivity index (χ1n) is 10.5. The van der Waals surface area contributed by atoms with Crippen molar-refractivity contribution in [2.24, 2.45) is 0 Å². The van der Waals surface area contributed by atoms with Crippen molar-refractivity contribution in [3.05, 3.63) is 94.7 Å². The molecule has 0 saturated heterocycles. The molecule has 0 unspecified atom stereocenters. The second-order valence-electron chi connectivity index (χ2n) is 7.92. The summed E-state index contributed by atoms with van der Waals surface area (Å²) in [5, 5.41) is 22.7. The Kier molecular flexibility index (Phi) is 6.46. The smallest absolute Gasteiger partial charge is 0.326 e. The highest BCUT2D eigenvalue weighted by Crippen LogP contribution is 2.24. The molecule has 0 saturated carbocycles. The second-order valence-corrected chi connectivity index (χ2v) is 7.92. The molecule has 1 amide bonds. The molecule has 0 aliphatic heterocycles. The Morgan fingerprint density at radius 2 is 1.94 bits per heavy atom. The molecular formula is C25H24N4O4. The molecule has 4 N–H and O–H groups in total. The summed E-state index contributed by atoms with van der Waals surface area (Å²) < 4.78 is 0. The van der Waals surface area contributed by atoms with Crippen LogP contribution in [-0.2, 0) is 24.2 Å². The molecule has 4 aromatic rings. The number of imidazole rings is 1. The fourth-order valence-corrected chi connectivity index (χ4v) is 3.89.